The van der Waals surface area contributed by atoms with Crippen molar-refractivity contribution in [1.82, 2.24) is 0 Å². The van der Waals surface area contributed by atoms with Gasteiger partial charge in [-0.3, -0.25) is 0 Å². The number of aryl methyl sites for hydroxylation is 2. The molecule has 2 nitrogen and oxygen atoms in total. The second kappa shape index (κ2) is 4.23. The maximum Gasteiger partial charge on any atom is 0.119 e. The van der Waals surface area contributed by atoms with Gasteiger partial charge in [0.1, 0.15) is 5.75 Å². The van der Waals surface area contributed by atoms with Crippen LogP contribution in [0.4, 0.5) is 0 Å². The Morgan fingerprint density at radius 2 is 1.73 bits per heavy atom. The van der Waals surface area contributed by atoms with E-state index in [-0.39, 0.29) is 5.41 Å². The van der Waals surface area contributed by atoms with Crippen molar-refractivity contribution in [2.75, 3.05) is 6.54 Å². The molecule has 0 bridgehead atoms. The molecular weight excluding hydrogens is 186 g/mol. The molecule has 0 aliphatic carbocycles. The van der Waals surface area contributed by atoms with Crippen molar-refractivity contribution in [3.63, 3.8) is 0 Å². The van der Waals surface area contributed by atoms with Crippen molar-refractivity contribution in [2.45, 2.75) is 34.1 Å². The zero-order chi connectivity index (χ0) is 11.6. The molecule has 0 aromatic heterocycles. The summed E-state index contributed by atoms with van der Waals surface area (Å²) >= 11 is 0. The number of rotatable bonds is 3. The van der Waals surface area contributed by atoms with Gasteiger partial charge in [0.2, 0.25) is 0 Å². The van der Waals surface area contributed by atoms with Gasteiger partial charge in [0, 0.05) is 0 Å². The second-order valence-corrected chi connectivity index (χ2v) is 5.11. The Labute approximate surface area is 92.1 Å². The number of aromatic hydroxyl groups is 1. The van der Waals surface area contributed by atoms with E-state index in [4.69, 9.17) is 5.73 Å². The van der Waals surface area contributed by atoms with Crippen LogP contribution in [0.15, 0.2) is 12.1 Å². The molecule has 0 unspecified atom stereocenters. The Kier molecular flexibility index (Phi) is 3.40. The Morgan fingerprint density at radius 3 is 2.27 bits per heavy atom. The minimum atomic E-state index is 0.0409. The van der Waals surface area contributed by atoms with Crippen molar-refractivity contribution in [1.29, 1.82) is 0 Å². The predicted octanol–water partition coefficient (Wildman–Crippen LogP) is 2.54. The SMILES string of the molecule is Cc1cc(O)c(CC(C)(C)CN)cc1C. The van der Waals surface area contributed by atoms with Crippen LogP contribution in [0, 0.1) is 19.3 Å². The van der Waals surface area contributed by atoms with Crippen LogP contribution in [0.25, 0.3) is 0 Å². The lowest BCUT2D eigenvalue weighted by molar-refractivity contribution is 0.366. The summed E-state index contributed by atoms with van der Waals surface area (Å²) in [6, 6.07) is 3.89. The Bertz CT molecular complexity index is 356. The fourth-order valence-electron chi connectivity index (χ4n) is 1.59. The van der Waals surface area contributed by atoms with Crippen molar-refractivity contribution >= 4 is 0 Å². The van der Waals surface area contributed by atoms with E-state index >= 15 is 0 Å². The predicted molar refractivity (Wildman–Crippen MR) is 64.1 cm³/mol. The summed E-state index contributed by atoms with van der Waals surface area (Å²) in [5, 5.41) is 9.83. The van der Waals surface area contributed by atoms with Crippen LogP contribution < -0.4 is 5.73 Å². The molecule has 1 rings (SSSR count). The summed E-state index contributed by atoms with van der Waals surface area (Å²) < 4.78 is 0. The first-order chi connectivity index (χ1) is 6.85. The van der Waals surface area contributed by atoms with E-state index in [0.717, 1.165) is 17.5 Å². The molecule has 3 N–H and O–H groups in total. The molecule has 0 radical (unpaired) electrons. The average Bonchev–Trinajstić information content (AvgIpc) is 2.14. The van der Waals surface area contributed by atoms with Crippen molar-refractivity contribution < 1.29 is 5.11 Å². The van der Waals surface area contributed by atoms with Gasteiger partial charge in [-0.05, 0) is 55.0 Å². The zero-order valence-electron chi connectivity index (χ0n) is 10.1. The second-order valence-electron chi connectivity index (χ2n) is 5.11. The molecule has 1 aromatic carbocycles. The molecule has 1 aromatic rings. The highest BCUT2D eigenvalue weighted by molar-refractivity contribution is 5.41. The summed E-state index contributed by atoms with van der Waals surface area (Å²) in [6.07, 6.45) is 0.816. The first-order valence-corrected chi connectivity index (χ1v) is 5.35. The molecule has 84 valence electrons. The van der Waals surface area contributed by atoms with Crippen molar-refractivity contribution in [3.05, 3.63) is 28.8 Å². The van der Waals surface area contributed by atoms with Gasteiger partial charge in [0.25, 0.3) is 0 Å². The first-order valence-electron chi connectivity index (χ1n) is 5.35. The minimum Gasteiger partial charge on any atom is -0.508 e. The first kappa shape index (κ1) is 12.1. The van der Waals surface area contributed by atoms with E-state index < -0.39 is 0 Å². The fourth-order valence-corrected chi connectivity index (χ4v) is 1.59. The van der Waals surface area contributed by atoms with E-state index in [1.54, 1.807) is 0 Å². The molecule has 0 saturated heterocycles. The normalized spacial score (nSPS) is 11.8. The van der Waals surface area contributed by atoms with Crippen molar-refractivity contribution in [2.24, 2.45) is 11.1 Å². The molecule has 0 heterocycles. The van der Waals surface area contributed by atoms with Crippen LogP contribution in [-0.2, 0) is 6.42 Å². The molecule has 0 aliphatic rings. The van der Waals surface area contributed by atoms with Gasteiger partial charge in [0.15, 0.2) is 0 Å². The number of hydrogen-bond acceptors (Lipinski definition) is 2. The summed E-state index contributed by atoms with van der Waals surface area (Å²) in [5.74, 6) is 0.389. The standard InChI is InChI=1S/C13H21NO/c1-9-5-11(7-13(3,4)8-14)12(15)6-10(9)2/h5-6,15H,7-8,14H2,1-4H3. The molecule has 0 spiro atoms. The van der Waals surface area contributed by atoms with E-state index in [0.29, 0.717) is 12.3 Å². The number of phenolic OH excluding ortho intramolecular Hbond substituents is 1. The molecule has 15 heavy (non-hydrogen) atoms. The molecule has 0 aliphatic heterocycles. The number of hydrogen-bond donors (Lipinski definition) is 2. The Morgan fingerprint density at radius 1 is 1.20 bits per heavy atom. The number of benzene rings is 1. The average molecular weight is 207 g/mol. The number of phenols is 1. The lowest BCUT2D eigenvalue weighted by Gasteiger charge is -2.23. The van der Waals surface area contributed by atoms with E-state index in [2.05, 4.69) is 26.8 Å². The lowest BCUT2D eigenvalue weighted by atomic mass is 9.85. The summed E-state index contributed by atoms with van der Waals surface area (Å²) in [6.45, 7) is 8.92. The van der Waals surface area contributed by atoms with Gasteiger partial charge in [0.05, 0.1) is 0 Å². The maximum atomic E-state index is 9.83. The van der Waals surface area contributed by atoms with E-state index in [1.807, 2.05) is 13.0 Å². The molecule has 2 heteroatoms. The maximum absolute atomic E-state index is 9.83. The molecule has 0 atom stereocenters. The Balaban J connectivity index is 3.01. The molecular formula is C13H21NO. The van der Waals surface area contributed by atoms with Crippen LogP contribution in [0.2, 0.25) is 0 Å². The van der Waals surface area contributed by atoms with E-state index in [9.17, 15) is 5.11 Å². The quantitative estimate of drug-likeness (QED) is 0.800. The fraction of sp³-hybridized carbons (Fsp3) is 0.538. The highest BCUT2D eigenvalue weighted by Gasteiger charge is 2.18. The van der Waals surface area contributed by atoms with Crippen LogP contribution >= 0.6 is 0 Å². The van der Waals surface area contributed by atoms with Crippen LogP contribution in [-0.4, -0.2) is 11.7 Å². The molecule has 0 saturated carbocycles. The van der Waals surface area contributed by atoms with Crippen molar-refractivity contribution in [3.8, 4) is 5.75 Å². The Hall–Kier alpha value is -1.02. The third-order valence-electron chi connectivity index (χ3n) is 2.92. The van der Waals surface area contributed by atoms with Gasteiger partial charge in [-0.1, -0.05) is 19.9 Å². The largest absolute Gasteiger partial charge is 0.508 e. The highest BCUT2D eigenvalue weighted by Crippen LogP contribution is 2.28. The van der Waals surface area contributed by atoms with Crippen LogP contribution in [0.5, 0.6) is 5.75 Å². The summed E-state index contributed by atoms with van der Waals surface area (Å²) in [4.78, 5) is 0. The van der Waals surface area contributed by atoms with Gasteiger partial charge in [-0.15, -0.1) is 0 Å². The summed E-state index contributed by atoms with van der Waals surface area (Å²) in [5.41, 5.74) is 9.07. The monoisotopic (exact) mass is 207 g/mol. The highest BCUT2D eigenvalue weighted by atomic mass is 16.3. The van der Waals surface area contributed by atoms with Gasteiger partial charge < -0.3 is 10.8 Å². The van der Waals surface area contributed by atoms with Gasteiger partial charge in [-0.2, -0.15) is 0 Å². The van der Waals surface area contributed by atoms with Gasteiger partial charge in [-0.25, -0.2) is 0 Å². The van der Waals surface area contributed by atoms with Crippen LogP contribution in [0.1, 0.15) is 30.5 Å². The molecule has 0 fully saturated rings. The zero-order valence-corrected chi connectivity index (χ0v) is 10.1. The van der Waals surface area contributed by atoms with Crippen LogP contribution in [0.3, 0.4) is 0 Å². The minimum absolute atomic E-state index is 0.0409. The topological polar surface area (TPSA) is 46.2 Å². The third-order valence-corrected chi connectivity index (χ3v) is 2.92. The lowest BCUT2D eigenvalue weighted by Crippen LogP contribution is -2.26. The number of nitrogens with two attached hydrogens (primary N) is 1. The van der Waals surface area contributed by atoms with E-state index in [1.165, 1.54) is 5.56 Å². The van der Waals surface area contributed by atoms with Gasteiger partial charge >= 0.3 is 0 Å². The molecule has 0 amide bonds. The third kappa shape index (κ3) is 2.96. The summed E-state index contributed by atoms with van der Waals surface area (Å²) in [7, 11) is 0. The smallest absolute Gasteiger partial charge is 0.119 e.